The molecule has 0 fully saturated rings. The molecule has 29 heavy (non-hydrogen) atoms. The fourth-order valence-electron chi connectivity index (χ4n) is 3.20. The van der Waals surface area contributed by atoms with Crippen LogP contribution in [0.4, 0.5) is 5.69 Å². The minimum Gasteiger partial charge on any atom is -0.451 e. The largest absolute Gasteiger partial charge is 0.451 e. The number of aromatic nitrogens is 1. The number of nitro benzene ring substituents is 1. The molecule has 7 nitrogen and oxygen atoms in total. The van der Waals surface area contributed by atoms with Gasteiger partial charge in [-0.3, -0.25) is 14.9 Å². The van der Waals surface area contributed by atoms with Crippen LogP contribution in [0, 0.1) is 10.1 Å². The van der Waals surface area contributed by atoms with Crippen molar-refractivity contribution in [3.63, 3.8) is 0 Å². The number of para-hydroxylation sites is 1. The van der Waals surface area contributed by atoms with Crippen molar-refractivity contribution in [2.75, 3.05) is 6.54 Å². The lowest BCUT2D eigenvalue weighted by Crippen LogP contribution is -2.25. The lowest BCUT2D eigenvalue weighted by Gasteiger charge is -2.03. The van der Waals surface area contributed by atoms with Gasteiger partial charge in [-0.15, -0.1) is 0 Å². The van der Waals surface area contributed by atoms with Crippen LogP contribution in [0.25, 0.3) is 22.2 Å². The van der Waals surface area contributed by atoms with Crippen LogP contribution in [0.1, 0.15) is 16.1 Å². The second-order valence-electron chi connectivity index (χ2n) is 6.45. The summed E-state index contributed by atoms with van der Waals surface area (Å²) in [4.78, 5) is 26.3. The summed E-state index contributed by atoms with van der Waals surface area (Å²) in [7, 11) is 0. The molecule has 2 aromatic heterocycles. The van der Waals surface area contributed by atoms with Crippen molar-refractivity contribution >= 4 is 34.1 Å². The molecular formula is C21H16ClN3O4. The number of hydrogen-bond acceptors (Lipinski definition) is 4. The van der Waals surface area contributed by atoms with Gasteiger partial charge in [-0.25, -0.2) is 0 Å². The van der Waals surface area contributed by atoms with Crippen LogP contribution in [0.3, 0.4) is 0 Å². The van der Waals surface area contributed by atoms with Gasteiger partial charge >= 0.3 is 0 Å². The van der Waals surface area contributed by atoms with Gasteiger partial charge in [0.1, 0.15) is 5.76 Å². The lowest BCUT2D eigenvalue weighted by atomic mass is 10.1. The zero-order valence-corrected chi connectivity index (χ0v) is 15.9. The highest BCUT2D eigenvalue weighted by Gasteiger charge is 2.19. The molecule has 0 spiro atoms. The topological polar surface area (TPSA) is 101 Å². The van der Waals surface area contributed by atoms with Gasteiger partial charge in [0.2, 0.25) is 0 Å². The first kappa shape index (κ1) is 18.8. The highest BCUT2D eigenvalue weighted by Crippen LogP contribution is 2.30. The smallest absolute Gasteiger partial charge is 0.287 e. The second kappa shape index (κ2) is 7.81. The van der Waals surface area contributed by atoms with Gasteiger partial charge in [0, 0.05) is 34.7 Å². The predicted octanol–water partition coefficient (Wildman–Crippen LogP) is 4.96. The maximum absolute atomic E-state index is 12.4. The molecule has 0 aliphatic carbocycles. The van der Waals surface area contributed by atoms with Gasteiger partial charge in [-0.1, -0.05) is 23.7 Å². The predicted molar refractivity (Wildman–Crippen MR) is 110 cm³/mol. The van der Waals surface area contributed by atoms with Crippen LogP contribution in [0.5, 0.6) is 0 Å². The van der Waals surface area contributed by atoms with E-state index in [0.717, 1.165) is 16.5 Å². The molecule has 0 atom stereocenters. The summed E-state index contributed by atoms with van der Waals surface area (Å²) >= 11 is 6.06. The van der Waals surface area contributed by atoms with Crippen molar-refractivity contribution in [2.24, 2.45) is 0 Å². The third-order valence-electron chi connectivity index (χ3n) is 4.61. The number of carbonyl (C=O) groups excluding carboxylic acids is 1. The first-order valence-corrected chi connectivity index (χ1v) is 9.28. The van der Waals surface area contributed by atoms with Crippen molar-refractivity contribution in [1.82, 2.24) is 10.3 Å². The van der Waals surface area contributed by atoms with Crippen molar-refractivity contribution in [1.29, 1.82) is 0 Å². The highest BCUT2D eigenvalue weighted by atomic mass is 35.5. The Labute approximate surface area is 170 Å². The first-order valence-electron chi connectivity index (χ1n) is 8.90. The summed E-state index contributed by atoms with van der Waals surface area (Å²) in [6, 6.07) is 14.9. The van der Waals surface area contributed by atoms with Crippen LogP contribution in [0.2, 0.25) is 5.02 Å². The molecule has 0 aliphatic heterocycles. The van der Waals surface area contributed by atoms with Gasteiger partial charge < -0.3 is 14.7 Å². The molecule has 4 aromatic rings. The summed E-state index contributed by atoms with van der Waals surface area (Å²) in [5, 5.41) is 15.7. The Balaban J connectivity index is 1.43. The number of amides is 1. The number of nitro groups is 1. The van der Waals surface area contributed by atoms with E-state index in [0.29, 0.717) is 23.6 Å². The monoisotopic (exact) mass is 409 g/mol. The molecule has 0 saturated carbocycles. The number of fused-ring (bicyclic) bond motifs is 1. The number of halogens is 1. The molecule has 4 rings (SSSR count). The molecule has 146 valence electrons. The molecule has 2 aromatic carbocycles. The van der Waals surface area contributed by atoms with Crippen molar-refractivity contribution in [2.45, 2.75) is 6.42 Å². The Morgan fingerprint density at radius 1 is 1.17 bits per heavy atom. The first-order chi connectivity index (χ1) is 14.0. The summed E-state index contributed by atoms with van der Waals surface area (Å²) in [6.07, 6.45) is 2.51. The Bertz CT molecular complexity index is 1210. The summed E-state index contributed by atoms with van der Waals surface area (Å²) in [5.74, 6) is -0.0125. The number of nitrogens with zero attached hydrogens (tertiary/aromatic N) is 1. The number of benzene rings is 2. The van der Waals surface area contributed by atoms with Gasteiger partial charge in [0.25, 0.3) is 11.6 Å². The Kier molecular flexibility index (Phi) is 5.05. The Morgan fingerprint density at radius 2 is 2.00 bits per heavy atom. The van der Waals surface area contributed by atoms with Crippen molar-refractivity contribution < 1.29 is 14.1 Å². The molecule has 8 heteroatoms. The molecule has 2 N–H and O–H groups in total. The normalized spacial score (nSPS) is 10.9. The van der Waals surface area contributed by atoms with Gasteiger partial charge in [-0.05, 0) is 48.4 Å². The molecular weight excluding hydrogens is 394 g/mol. The quantitative estimate of drug-likeness (QED) is 0.347. The van der Waals surface area contributed by atoms with Crippen LogP contribution in [-0.4, -0.2) is 22.4 Å². The van der Waals surface area contributed by atoms with Crippen LogP contribution in [-0.2, 0) is 6.42 Å². The zero-order chi connectivity index (χ0) is 20.4. The van der Waals surface area contributed by atoms with Gasteiger partial charge in [0.15, 0.2) is 5.76 Å². The van der Waals surface area contributed by atoms with Crippen LogP contribution in [0.15, 0.2) is 65.2 Å². The fourth-order valence-corrected chi connectivity index (χ4v) is 3.37. The minimum atomic E-state index is -0.481. The SMILES string of the molecule is O=C(NCCc1c[nH]c2ccc(Cl)cc12)c1ccc(-c2ccccc2[N+](=O)[O-])o1. The number of carbonyl (C=O) groups is 1. The molecule has 0 unspecified atom stereocenters. The average Bonchev–Trinajstić information content (AvgIpc) is 3.35. The van der Waals surface area contributed by atoms with E-state index in [2.05, 4.69) is 10.3 Å². The maximum Gasteiger partial charge on any atom is 0.287 e. The fraction of sp³-hybridized carbons (Fsp3) is 0.0952. The number of nitrogens with one attached hydrogen (secondary N) is 2. The second-order valence-corrected chi connectivity index (χ2v) is 6.88. The van der Waals surface area contributed by atoms with E-state index in [1.54, 1.807) is 24.3 Å². The Morgan fingerprint density at radius 3 is 2.83 bits per heavy atom. The van der Waals surface area contributed by atoms with E-state index < -0.39 is 4.92 Å². The lowest BCUT2D eigenvalue weighted by molar-refractivity contribution is -0.384. The van der Waals surface area contributed by atoms with Crippen LogP contribution >= 0.6 is 11.6 Å². The number of H-pyrrole nitrogens is 1. The van der Waals surface area contributed by atoms with E-state index in [1.165, 1.54) is 12.1 Å². The molecule has 0 saturated heterocycles. The summed E-state index contributed by atoms with van der Waals surface area (Å²) in [6.45, 7) is 0.403. The molecule has 0 bridgehead atoms. The van der Waals surface area contributed by atoms with Crippen molar-refractivity contribution in [3.05, 3.63) is 87.3 Å². The molecule has 0 aliphatic rings. The maximum atomic E-state index is 12.4. The zero-order valence-electron chi connectivity index (χ0n) is 15.1. The van der Waals surface area contributed by atoms with Crippen LogP contribution < -0.4 is 5.32 Å². The number of hydrogen-bond donors (Lipinski definition) is 2. The van der Waals surface area contributed by atoms with Gasteiger partial charge in [-0.2, -0.15) is 0 Å². The summed E-state index contributed by atoms with van der Waals surface area (Å²) in [5.41, 5.74) is 2.28. The standard InChI is InChI=1S/C21H16ClN3O4/c22-14-5-6-17-16(11-14)13(12-24-17)9-10-23-21(26)20-8-7-19(29-20)15-3-1-2-4-18(15)25(27)28/h1-8,11-12,24H,9-10H2,(H,23,26). The van der Waals surface area contributed by atoms with E-state index in [4.69, 9.17) is 16.0 Å². The van der Waals surface area contributed by atoms with E-state index in [9.17, 15) is 14.9 Å². The van der Waals surface area contributed by atoms with E-state index in [1.807, 2.05) is 24.4 Å². The molecule has 2 heterocycles. The Hall–Kier alpha value is -3.58. The van der Waals surface area contributed by atoms with E-state index in [-0.39, 0.29) is 23.1 Å². The highest BCUT2D eigenvalue weighted by molar-refractivity contribution is 6.31. The number of furan rings is 1. The van der Waals surface area contributed by atoms with E-state index >= 15 is 0 Å². The molecule has 1 amide bonds. The van der Waals surface area contributed by atoms with Crippen molar-refractivity contribution in [3.8, 4) is 11.3 Å². The third-order valence-corrected chi connectivity index (χ3v) is 4.84. The number of aromatic amines is 1. The average molecular weight is 410 g/mol. The summed E-state index contributed by atoms with van der Waals surface area (Å²) < 4.78 is 5.56. The minimum absolute atomic E-state index is 0.0770. The molecule has 0 radical (unpaired) electrons. The third kappa shape index (κ3) is 3.86. The number of rotatable bonds is 6. The van der Waals surface area contributed by atoms with Gasteiger partial charge in [0.05, 0.1) is 10.5 Å².